The first-order chi connectivity index (χ1) is 17.3. The molecule has 0 spiro atoms. The number of aliphatic imine (C=N–C) groups is 1. The summed E-state index contributed by atoms with van der Waals surface area (Å²) in [4.78, 5) is 49.6. The fourth-order valence-electron chi connectivity index (χ4n) is 4.68. The number of piperazine rings is 1. The number of urea groups is 1. The number of amidine groups is 2. The zero-order chi connectivity index (χ0) is 25.6. The molecule has 4 amide bonds. The van der Waals surface area contributed by atoms with Crippen molar-refractivity contribution in [3.63, 3.8) is 0 Å². The fourth-order valence-corrected chi connectivity index (χ4v) is 5.19. The lowest BCUT2D eigenvalue weighted by Gasteiger charge is -2.33. The van der Waals surface area contributed by atoms with Gasteiger partial charge in [0.2, 0.25) is 0 Å². The van der Waals surface area contributed by atoms with Gasteiger partial charge in [-0.2, -0.15) is 0 Å². The standard InChI is InChI=1S/C24H25Cl2N6O4/c1-28-21-20(23(34)29(2)24(28)35)32(13-15-16(25)5-3-6-17(15)26)19(27-21)14-30-8-10-31(11-9-30)22(33)18-7-4-12-36-18/h3-7,12,20H,8-11,13-14H2,1-2H3/q+1. The molecule has 2 aromatic rings. The van der Waals surface area contributed by atoms with Gasteiger partial charge in [-0.25, -0.2) is 9.37 Å². The maximum Gasteiger partial charge on any atom is 0.333 e. The molecule has 3 aliphatic rings. The molecule has 1 atom stereocenters. The third-order valence-corrected chi connectivity index (χ3v) is 7.47. The van der Waals surface area contributed by atoms with Crippen LogP contribution in [0.1, 0.15) is 16.1 Å². The first-order valence-electron chi connectivity index (χ1n) is 11.5. The van der Waals surface area contributed by atoms with Gasteiger partial charge in [0, 0.05) is 55.9 Å². The van der Waals surface area contributed by atoms with Crippen molar-refractivity contribution >= 4 is 52.7 Å². The second-order valence-electron chi connectivity index (χ2n) is 8.90. The molecule has 0 saturated carbocycles. The van der Waals surface area contributed by atoms with E-state index in [1.54, 1.807) is 42.3 Å². The van der Waals surface area contributed by atoms with Crippen molar-refractivity contribution in [1.29, 1.82) is 0 Å². The number of hydrogen-bond acceptors (Lipinski definition) is 6. The van der Waals surface area contributed by atoms with Gasteiger partial charge in [-0.1, -0.05) is 29.3 Å². The molecule has 2 saturated heterocycles. The number of furan rings is 1. The number of fused-ring (bicyclic) bond motifs is 1. The topological polar surface area (TPSA) is 92.7 Å². The van der Waals surface area contributed by atoms with Crippen LogP contribution in [-0.4, -0.2) is 107 Å². The number of hydrogen-bond donors (Lipinski definition) is 0. The molecule has 12 heteroatoms. The second kappa shape index (κ2) is 9.68. The first kappa shape index (κ1) is 24.5. The lowest BCUT2D eigenvalue weighted by molar-refractivity contribution is -0.552. The van der Waals surface area contributed by atoms with E-state index in [4.69, 9.17) is 32.6 Å². The Hall–Kier alpha value is -3.21. The molecule has 0 aliphatic carbocycles. The molecule has 3 aliphatic heterocycles. The highest BCUT2D eigenvalue weighted by Crippen LogP contribution is 2.28. The minimum atomic E-state index is -0.762. The number of carbonyl (C=O) groups excluding carboxylic acids is 3. The average Bonchev–Trinajstić information content (AvgIpc) is 3.53. The number of benzene rings is 1. The van der Waals surface area contributed by atoms with Gasteiger partial charge in [0.15, 0.2) is 5.76 Å². The molecule has 1 aromatic heterocycles. The van der Waals surface area contributed by atoms with E-state index in [2.05, 4.69) is 4.90 Å². The van der Waals surface area contributed by atoms with Crippen molar-refractivity contribution in [2.75, 3.05) is 46.8 Å². The van der Waals surface area contributed by atoms with Gasteiger partial charge in [0.25, 0.3) is 23.7 Å². The van der Waals surface area contributed by atoms with E-state index >= 15 is 0 Å². The molecular weight excluding hydrogens is 507 g/mol. The summed E-state index contributed by atoms with van der Waals surface area (Å²) in [6, 6.07) is 7.42. The lowest BCUT2D eigenvalue weighted by Crippen LogP contribution is -2.61. The molecule has 0 radical (unpaired) electrons. The molecule has 5 rings (SSSR count). The highest BCUT2D eigenvalue weighted by Gasteiger charge is 2.53. The Balaban J connectivity index is 1.41. The molecule has 1 aromatic carbocycles. The number of carbonyl (C=O) groups is 3. The van der Waals surface area contributed by atoms with Crippen LogP contribution >= 0.6 is 23.2 Å². The summed E-state index contributed by atoms with van der Waals surface area (Å²) in [7, 11) is 3.07. The third kappa shape index (κ3) is 4.29. The number of nitrogens with zero attached hydrogens (tertiary/aromatic N) is 6. The number of amides is 4. The van der Waals surface area contributed by atoms with E-state index in [0.29, 0.717) is 65.8 Å². The first-order valence-corrected chi connectivity index (χ1v) is 12.3. The Bertz CT molecular complexity index is 1260. The lowest BCUT2D eigenvalue weighted by atomic mass is 10.1. The van der Waals surface area contributed by atoms with E-state index in [1.165, 1.54) is 18.2 Å². The minimum Gasteiger partial charge on any atom is -0.459 e. The fraction of sp³-hybridized carbons (Fsp3) is 0.375. The van der Waals surface area contributed by atoms with Crippen molar-refractivity contribution in [2.24, 2.45) is 4.99 Å². The van der Waals surface area contributed by atoms with E-state index in [9.17, 15) is 14.4 Å². The summed E-state index contributed by atoms with van der Waals surface area (Å²) in [6.07, 6.45) is 1.49. The summed E-state index contributed by atoms with van der Waals surface area (Å²) in [6.45, 7) is 2.99. The zero-order valence-electron chi connectivity index (χ0n) is 19.9. The Kier molecular flexibility index (Phi) is 6.59. The molecule has 1 unspecified atom stereocenters. The molecule has 10 nitrogen and oxygen atoms in total. The van der Waals surface area contributed by atoms with Crippen LogP contribution in [0.25, 0.3) is 0 Å². The van der Waals surface area contributed by atoms with Crippen LogP contribution in [0.4, 0.5) is 4.79 Å². The Morgan fingerprint density at radius 1 is 1.06 bits per heavy atom. The summed E-state index contributed by atoms with van der Waals surface area (Å²) in [5.74, 6) is 0.849. The Morgan fingerprint density at radius 2 is 1.75 bits per heavy atom. The normalized spacial score (nSPS) is 20.8. The summed E-state index contributed by atoms with van der Waals surface area (Å²) in [5.41, 5.74) is 0.679. The van der Waals surface area contributed by atoms with Crippen molar-refractivity contribution in [2.45, 2.75) is 12.6 Å². The quantitative estimate of drug-likeness (QED) is 0.551. The van der Waals surface area contributed by atoms with Crippen molar-refractivity contribution < 1.29 is 23.4 Å². The molecule has 188 valence electrons. The van der Waals surface area contributed by atoms with Gasteiger partial charge in [-0.15, -0.1) is 0 Å². The highest BCUT2D eigenvalue weighted by atomic mass is 35.5. The minimum absolute atomic E-state index is 0.136. The maximum absolute atomic E-state index is 13.2. The van der Waals surface area contributed by atoms with Gasteiger partial charge in [-0.05, 0) is 29.3 Å². The monoisotopic (exact) mass is 531 g/mol. The molecule has 2 fully saturated rings. The molecular formula is C24H25Cl2N6O4+. The predicted octanol–water partition coefficient (Wildman–Crippen LogP) is 2.26. The summed E-state index contributed by atoms with van der Waals surface area (Å²) >= 11 is 12.9. The van der Waals surface area contributed by atoms with Gasteiger partial charge in [-0.3, -0.25) is 24.3 Å². The van der Waals surface area contributed by atoms with Gasteiger partial charge >= 0.3 is 11.9 Å². The van der Waals surface area contributed by atoms with Crippen LogP contribution in [-0.2, 0) is 11.3 Å². The SMILES string of the molecule is CN1C(=O)C2C(=NC(CN3CCN(C(=O)c4ccco4)CC3)=[N+]2Cc2c(Cl)cccc2Cl)N(C)C1=O. The average molecular weight is 532 g/mol. The van der Waals surface area contributed by atoms with Gasteiger partial charge in [0.1, 0.15) is 13.1 Å². The predicted molar refractivity (Wildman–Crippen MR) is 134 cm³/mol. The summed E-state index contributed by atoms with van der Waals surface area (Å²) in [5, 5.41) is 0.975. The largest absolute Gasteiger partial charge is 0.459 e. The van der Waals surface area contributed by atoms with Crippen LogP contribution in [0.5, 0.6) is 0 Å². The number of rotatable bonds is 5. The van der Waals surface area contributed by atoms with Gasteiger partial charge < -0.3 is 9.32 Å². The van der Waals surface area contributed by atoms with Crippen LogP contribution < -0.4 is 0 Å². The highest BCUT2D eigenvalue weighted by molar-refractivity contribution is 6.36. The van der Waals surface area contributed by atoms with Crippen LogP contribution in [0, 0.1) is 0 Å². The molecule has 0 bridgehead atoms. The van der Waals surface area contributed by atoms with E-state index in [1.807, 2.05) is 4.58 Å². The van der Waals surface area contributed by atoms with Crippen LogP contribution in [0.15, 0.2) is 46.0 Å². The Labute approximate surface area is 218 Å². The number of likely N-dealkylation sites (N-methyl/N-ethyl adjacent to an activating group) is 2. The zero-order valence-corrected chi connectivity index (χ0v) is 21.4. The second-order valence-corrected chi connectivity index (χ2v) is 9.72. The maximum atomic E-state index is 13.2. The van der Waals surface area contributed by atoms with Crippen molar-refractivity contribution in [3.8, 4) is 0 Å². The third-order valence-electron chi connectivity index (χ3n) is 6.76. The smallest absolute Gasteiger partial charge is 0.333 e. The van der Waals surface area contributed by atoms with Crippen LogP contribution in [0.3, 0.4) is 0 Å². The number of imide groups is 1. The number of halogens is 2. The van der Waals surface area contributed by atoms with E-state index in [-0.39, 0.29) is 18.4 Å². The van der Waals surface area contributed by atoms with Gasteiger partial charge in [0.05, 0.1) is 6.26 Å². The van der Waals surface area contributed by atoms with Crippen molar-refractivity contribution in [3.05, 3.63) is 58.0 Å². The van der Waals surface area contributed by atoms with Crippen molar-refractivity contribution in [1.82, 2.24) is 19.6 Å². The Morgan fingerprint density at radius 3 is 2.39 bits per heavy atom. The molecule has 36 heavy (non-hydrogen) atoms. The summed E-state index contributed by atoms with van der Waals surface area (Å²) < 4.78 is 7.11. The molecule has 4 heterocycles. The van der Waals surface area contributed by atoms with E-state index < -0.39 is 12.1 Å². The van der Waals surface area contributed by atoms with E-state index in [0.717, 1.165) is 4.90 Å². The van der Waals surface area contributed by atoms with Crippen LogP contribution in [0.2, 0.25) is 10.0 Å². The molecule has 0 N–H and O–H groups in total.